The van der Waals surface area contributed by atoms with Crippen LogP contribution >= 0.6 is 11.3 Å². The van der Waals surface area contributed by atoms with Crippen LogP contribution in [-0.2, 0) is 11.3 Å². The standard InChI is InChI=1S/C16H16N2O2S/c1-10-6-7-11(2)15-14(10)17-16(21-15)18(12(3)19)9-13-5-4-8-20-13/h4-8H,9H2,1-3H3. The maximum atomic E-state index is 12.0. The molecular formula is C16H16N2O2S. The van der Waals surface area contributed by atoms with Crippen LogP contribution in [0.5, 0.6) is 0 Å². The van der Waals surface area contributed by atoms with Crippen LogP contribution in [0.1, 0.15) is 23.8 Å². The third-order valence-corrected chi connectivity index (χ3v) is 4.65. The molecule has 0 aliphatic rings. The summed E-state index contributed by atoms with van der Waals surface area (Å²) >= 11 is 1.55. The van der Waals surface area contributed by atoms with Crippen molar-refractivity contribution in [3.63, 3.8) is 0 Å². The quantitative estimate of drug-likeness (QED) is 0.733. The third kappa shape index (κ3) is 2.56. The van der Waals surface area contributed by atoms with E-state index in [1.54, 1.807) is 29.4 Å². The van der Waals surface area contributed by atoms with Gasteiger partial charge in [0, 0.05) is 6.92 Å². The van der Waals surface area contributed by atoms with E-state index in [1.807, 2.05) is 19.1 Å². The van der Waals surface area contributed by atoms with E-state index in [9.17, 15) is 4.79 Å². The number of hydrogen-bond acceptors (Lipinski definition) is 4. The number of hydrogen-bond donors (Lipinski definition) is 0. The zero-order valence-electron chi connectivity index (χ0n) is 12.2. The molecule has 0 spiro atoms. The van der Waals surface area contributed by atoms with Crippen molar-refractivity contribution in [3.05, 3.63) is 47.4 Å². The highest BCUT2D eigenvalue weighted by molar-refractivity contribution is 7.22. The van der Waals surface area contributed by atoms with Gasteiger partial charge in [-0.3, -0.25) is 9.69 Å². The van der Waals surface area contributed by atoms with Crippen molar-refractivity contribution in [2.45, 2.75) is 27.3 Å². The highest BCUT2D eigenvalue weighted by atomic mass is 32.1. The van der Waals surface area contributed by atoms with E-state index >= 15 is 0 Å². The summed E-state index contributed by atoms with van der Waals surface area (Å²) in [5.41, 5.74) is 3.28. The van der Waals surface area contributed by atoms with E-state index in [-0.39, 0.29) is 5.91 Å². The molecule has 108 valence electrons. The van der Waals surface area contributed by atoms with Crippen LogP contribution in [0.15, 0.2) is 34.9 Å². The Morgan fingerprint density at radius 3 is 2.67 bits per heavy atom. The number of anilines is 1. The van der Waals surface area contributed by atoms with Crippen molar-refractivity contribution >= 4 is 32.6 Å². The van der Waals surface area contributed by atoms with E-state index in [1.165, 1.54) is 5.56 Å². The van der Waals surface area contributed by atoms with Crippen molar-refractivity contribution in [3.8, 4) is 0 Å². The number of amides is 1. The fourth-order valence-corrected chi connectivity index (χ4v) is 3.39. The summed E-state index contributed by atoms with van der Waals surface area (Å²) in [5.74, 6) is 0.707. The molecule has 0 radical (unpaired) electrons. The van der Waals surface area contributed by atoms with Gasteiger partial charge in [-0.1, -0.05) is 23.5 Å². The first kappa shape index (κ1) is 13.8. The van der Waals surface area contributed by atoms with Crippen LogP contribution in [0.2, 0.25) is 0 Å². The summed E-state index contributed by atoms with van der Waals surface area (Å²) in [6.07, 6.45) is 1.61. The Hall–Kier alpha value is -2.14. The predicted molar refractivity (Wildman–Crippen MR) is 84.7 cm³/mol. The van der Waals surface area contributed by atoms with Gasteiger partial charge >= 0.3 is 0 Å². The number of carbonyl (C=O) groups is 1. The number of aryl methyl sites for hydroxylation is 2. The lowest BCUT2D eigenvalue weighted by atomic mass is 10.1. The minimum atomic E-state index is -0.0410. The van der Waals surface area contributed by atoms with E-state index in [0.29, 0.717) is 11.7 Å². The molecule has 0 bridgehead atoms. The monoisotopic (exact) mass is 300 g/mol. The van der Waals surface area contributed by atoms with Crippen molar-refractivity contribution in [2.24, 2.45) is 0 Å². The van der Waals surface area contributed by atoms with E-state index < -0.39 is 0 Å². The number of furan rings is 1. The van der Waals surface area contributed by atoms with Gasteiger partial charge in [-0.15, -0.1) is 0 Å². The lowest BCUT2D eigenvalue weighted by Crippen LogP contribution is -2.27. The lowest BCUT2D eigenvalue weighted by Gasteiger charge is -2.15. The number of benzene rings is 1. The molecule has 0 saturated heterocycles. The SMILES string of the molecule is CC(=O)N(Cc1ccco1)c1nc2c(C)ccc(C)c2s1. The Kier molecular flexibility index (Phi) is 3.51. The number of fused-ring (bicyclic) bond motifs is 1. The Balaban J connectivity index is 2.05. The normalized spacial score (nSPS) is 11.0. The second kappa shape index (κ2) is 5.33. The van der Waals surface area contributed by atoms with Crippen LogP contribution in [0.25, 0.3) is 10.2 Å². The second-order valence-electron chi connectivity index (χ2n) is 5.06. The van der Waals surface area contributed by atoms with Crippen LogP contribution < -0.4 is 4.90 Å². The molecular weight excluding hydrogens is 284 g/mol. The van der Waals surface area contributed by atoms with Gasteiger partial charge in [-0.2, -0.15) is 0 Å². The first-order valence-corrected chi connectivity index (χ1v) is 7.55. The molecule has 0 atom stereocenters. The Bertz CT molecular complexity index is 751. The summed E-state index contributed by atoms with van der Waals surface area (Å²) in [4.78, 5) is 18.3. The lowest BCUT2D eigenvalue weighted by molar-refractivity contribution is -0.116. The highest BCUT2D eigenvalue weighted by Gasteiger charge is 2.19. The van der Waals surface area contributed by atoms with E-state index in [2.05, 4.69) is 24.0 Å². The average molecular weight is 300 g/mol. The van der Waals surface area contributed by atoms with Gasteiger partial charge in [-0.25, -0.2) is 4.98 Å². The number of aromatic nitrogens is 1. The van der Waals surface area contributed by atoms with Gasteiger partial charge in [0.15, 0.2) is 5.13 Å². The average Bonchev–Trinajstić information content (AvgIpc) is 3.09. The van der Waals surface area contributed by atoms with Gasteiger partial charge < -0.3 is 4.42 Å². The summed E-state index contributed by atoms with van der Waals surface area (Å²) in [6, 6.07) is 7.83. The minimum Gasteiger partial charge on any atom is -0.467 e. The number of nitrogens with zero attached hydrogens (tertiary/aromatic N) is 2. The molecule has 5 heteroatoms. The Labute approximate surface area is 127 Å². The van der Waals surface area contributed by atoms with Crippen molar-refractivity contribution in [2.75, 3.05) is 4.90 Å². The molecule has 0 aliphatic carbocycles. The fraction of sp³-hybridized carbons (Fsp3) is 0.250. The van der Waals surface area contributed by atoms with Crippen LogP contribution in [0, 0.1) is 13.8 Å². The minimum absolute atomic E-state index is 0.0410. The molecule has 4 nitrogen and oxygen atoms in total. The summed E-state index contributed by atoms with van der Waals surface area (Å²) in [5, 5.41) is 0.714. The number of rotatable bonds is 3. The Morgan fingerprint density at radius 2 is 2.05 bits per heavy atom. The van der Waals surface area contributed by atoms with Crippen LogP contribution in [-0.4, -0.2) is 10.9 Å². The maximum Gasteiger partial charge on any atom is 0.226 e. The molecule has 0 saturated carbocycles. The molecule has 2 heterocycles. The Morgan fingerprint density at radius 1 is 1.29 bits per heavy atom. The van der Waals surface area contributed by atoms with Gasteiger partial charge in [0.05, 0.1) is 23.0 Å². The molecule has 0 aliphatic heterocycles. The van der Waals surface area contributed by atoms with Gasteiger partial charge in [0.2, 0.25) is 5.91 Å². The van der Waals surface area contributed by atoms with Gasteiger partial charge in [-0.05, 0) is 37.1 Å². The molecule has 3 aromatic rings. The summed E-state index contributed by atoms with van der Waals surface area (Å²) in [6.45, 7) is 6.05. The second-order valence-corrected chi connectivity index (χ2v) is 6.04. The molecule has 21 heavy (non-hydrogen) atoms. The van der Waals surface area contributed by atoms with Crippen molar-refractivity contribution < 1.29 is 9.21 Å². The van der Waals surface area contributed by atoms with Crippen LogP contribution in [0.3, 0.4) is 0 Å². The van der Waals surface area contributed by atoms with E-state index in [4.69, 9.17) is 4.42 Å². The smallest absolute Gasteiger partial charge is 0.226 e. The molecule has 1 amide bonds. The highest BCUT2D eigenvalue weighted by Crippen LogP contribution is 2.33. The topological polar surface area (TPSA) is 46.3 Å². The van der Waals surface area contributed by atoms with Gasteiger partial charge in [0.25, 0.3) is 0 Å². The molecule has 0 N–H and O–H groups in total. The molecule has 0 fully saturated rings. The largest absolute Gasteiger partial charge is 0.467 e. The third-order valence-electron chi connectivity index (χ3n) is 3.44. The van der Waals surface area contributed by atoms with Gasteiger partial charge in [0.1, 0.15) is 5.76 Å². The summed E-state index contributed by atoms with van der Waals surface area (Å²) in [7, 11) is 0. The van der Waals surface area contributed by atoms with Crippen LogP contribution in [0.4, 0.5) is 5.13 Å². The number of thiazole rings is 1. The fourth-order valence-electron chi connectivity index (χ4n) is 2.24. The van der Waals surface area contributed by atoms with Crippen molar-refractivity contribution in [1.82, 2.24) is 4.98 Å². The van der Waals surface area contributed by atoms with E-state index in [0.717, 1.165) is 21.5 Å². The molecule has 2 aromatic heterocycles. The van der Waals surface area contributed by atoms with Crippen molar-refractivity contribution in [1.29, 1.82) is 0 Å². The molecule has 0 unspecified atom stereocenters. The summed E-state index contributed by atoms with van der Waals surface area (Å²) < 4.78 is 6.48. The first-order valence-electron chi connectivity index (χ1n) is 6.73. The maximum absolute atomic E-state index is 12.0. The zero-order chi connectivity index (χ0) is 15.0. The predicted octanol–water partition coefficient (Wildman–Crippen LogP) is 4.06. The molecule has 1 aromatic carbocycles. The zero-order valence-corrected chi connectivity index (χ0v) is 13.0. The molecule has 3 rings (SSSR count). The number of carbonyl (C=O) groups excluding carboxylic acids is 1. The first-order chi connectivity index (χ1) is 10.1.